The molecule has 1 radical (unpaired) electrons. The van der Waals surface area contributed by atoms with Crippen molar-refractivity contribution in [1.29, 1.82) is 0 Å². The van der Waals surface area contributed by atoms with E-state index in [0.717, 1.165) is 25.7 Å². The minimum absolute atomic E-state index is 0.0613. The molecule has 1 fully saturated rings. The second kappa shape index (κ2) is 4.50. The van der Waals surface area contributed by atoms with E-state index in [2.05, 4.69) is 4.74 Å². The lowest BCUT2D eigenvalue weighted by atomic mass is 9.68. The molecule has 1 saturated carbocycles. The third kappa shape index (κ3) is 2.24. The summed E-state index contributed by atoms with van der Waals surface area (Å²) in [6.45, 7) is 0. The van der Waals surface area contributed by atoms with Crippen LogP contribution in [0, 0.1) is 5.92 Å². The summed E-state index contributed by atoms with van der Waals surface area (Å²) in [5, 5.41) is 8.73. The SMILES string of the molecule is COC(=O)C1CCC([B]O)CC1. The summed E-state index contributed by atoms with van der Waals surface area (Å²) in [5.74, 6) is 0.239. The van der Waals surface area contributed by atoms with E-state index in [4.69, 9.17) is 5.02 Å². The van der Waals surface area contributed by atoms with Crippen LogP contribution in [0.2, 0.25) is 5.82 Å². The molecule has 3 nitrogen and oxygen atoms in total. The van der Waals surface area contributed by atoms with E-state index in [0.29, 0.717) is 0 Å². The van der Waals surface area contributed by atoms with Crippen molar-refractivity contribution in [1.82, 2.24) is 0 Å². The summed E-state index contributed by atoms with van der Waals surface area (Å²) >= 11 is 0. The highest BCUT2D eigenvalue weighted by molar-refractivity contribution is 6.27. The van der Waals surface area contributed by atoms with Crippen LogP contribution in [0.4, 0.5) is 0 Å². The van der Waals surface area contributed by atoms with Crippen molar-refractivity contribution >= 4 is 13.5 Å². The van der Waals surface area contributed by atoms with Crippen molar-refractivity contribution in [2.24, 2.45) is 5.92 Å². The van der Waals surface area contributed by atoms with Crippen molar-refractivity contribution in [3.8, 4) is 0 Å². The van der Waals surface area contributed by atoms with Crippen molar-refractivity contribution in [2.45, 2.75) is 31.5 Å². The molecule has 0 unspecified atom stereocenters. The van der Waals surface area contributed by atoms with Gasteiger partial charge >= 0.3 is 5.97 Å². The summed E-state index contributed by atoms with van der Waals surface area (Å²) in [5.41, 5.74) is 0. The normalized spacial score (nSPS) is 29.5. The Bertz CT molecular complexity index is 152. The first-order chi connectivity index (χ1) is 5.77. The van der Waals surface area contributed by atoms with Crippen LogP contribution >= 0.6 is 0 Å². The average molecular weight is 169 g/mol. The molecule has 1 rings (SSSR count). The number of hydrogen-bond acceptors (Lipinski definition) is 3. The van der Waals surface area contributed by atoms with Crippen LogP contribution in [0.15, 0.2) is 0 Å². The summed E-state index contributed by atoms with van der Waals surface area (Å²) in [6, 6.07) is 0. The van der Waals surface area contributed by atoms with E-state index in [9.17, 15) is 4.79 Å². The molecule has 1 aliphatic rings. The first-order valence-electron chi connectivity index (χ1n) is 4.33. The highest BCUT2D eigenvalue weighted by Gasteiger charge is 2.26. The van der Waals surface area contributed by atoms with Crippen LogP contribution in [0.3, 0.4) is 0 Å². The van der Waals surface area contributed by atoms with Crippen LogP contribution in [0.25, 0.3) is 0 Å². The molecular weight excluding hydrogens is 155 g/mol. The predicted molar refractivity (Wildman–Crippen MR) is 45.7 cm³/mol. The van der Waals surface area contributed by atoms with E-state index < -0.39 is 0 Å². The minimum Gasteiger partial charge on any atom is -0.469 e. The number of ether oxygens (including phenoxy) is 1. The fourth-order valence-corrected chi connectivity index (χ4v) is 1.67. The third-order valence-corrected chi connectivity index (χ3v) is 2.52. The molecule has 1 aliphatic carbocycles. The molecule has 0 aromatic carbocycles. The third-order valence-electron chi connectivity index (χ3n) is 2.52. The molecule has 0 bridgehead atoms. The predicted octanol–water partition coefficient (Wildman–Crippen LogP) is 0.750. The molecule has 12 heavy (non-hydrogen) atoms. The van der Waals surface area contributed by atoms with Gasteiger partial charge in [-0.3, -0.25) is 4.79 Å². The molecule has 0 spiro atoms. The van der Waals surface area contributed by atoms with Crippen molar-refractivity contribution in [3.63, 3.8) is 0 Å². The van der Waals surface area contributed by atoms with Gasteiger partial charge in [0.15, 0.2) is 0 Å². The number of hydrogen-bond donors (Lipinski definition) is 1. The zero-order valence-corrected chi connectivity index (χ0v) is 7.32. The molecule has 0 aromatic rings. The fraction of sp³-hybridized carbons (Fsp3) is 0.875. The molecule has 0 amide bonds. The first kappa shape index (κ1) is 9.58. The Labute approximate surface area is 73.4 Å². The fourth-order valence-electron chi connectivity index (χ4n) is 1.67. The smallest absolute Gasteiger partial charge is 0.308 e. The molecule has 4 heteroatoms. The lowest BCUT2D eigenvalue weighted by Gasteiger charge is -2.24. The van der Waals surface area contributed by atoms with E-state index in [1.165, 1.54) is 14.6 Å². The lowest BCUT2D eigenvalue weighted by molar-refractivity contribution is -0.146. The van der Waals surface area contributed by atoms with Crippen LogP contribution in [-0.2, 0) is 9.53 Å². The van der Waals surface area contributed by atoms with Gasteiger partial charge in [0.05, 0.1) is 13.0 Å². The van der Waals surface area contributed by atoms with Gasteiger partial charge in [0, 0.05) is 0 Å². The average Bonchev–Trinajstić information content (AvgIpc) is 2.17. The minimum atomic E-state index is -0.105. The number of rotatable bonds is 2. The number of esters is 1. The zero-order chi connectivity index (χ0) is 8.97. The Morgan fingerprint density at radius 2 is 2.00 bits per heavy atom. The van der Waals surface area contributed by atoms with Crippen LogP contribution in [0.1, 0.15) is 25.7 Å². The number of carbonyl (C=O) groups excluding carboxylic acids is 1. The monoisotopic (exact) mass is 169 g/mol. The van der Waals surface area contributed by atoms with Gasteiger partial charge in [-0.15, -0.1) is 0 Å². The van der Waals surface area contributed by atoms with E-state index in [1.807, 2.05) is 0 Å². The highest BCUT2D eigenvalue weighted by atomic mass is 16.5. The maximum Gasteiger partial charge on any atom is 0.308 e. The maximum absolute atomic E-state index is 11.1. The largest absolute Gasteiger partial charge is 0.469 e. The van der Waals surface area contributed by atoms with Gasteiger partial charge in [0.25, 0.3) is 7.48 Å². The molecule has 0 aliphatic heterocycles. The summed E-state index contributed by atoms with van der Waals surface area (Å²) in [7, 11) is 2.67. The van der Waals surface area contributed by atoms with Gasteiger partial charge in [-0.05, 0) is 18.7 Å². The van der Waals surface area contributed by atoms with Crippen LogP contribution in [0.5, 0.6) is 0 Å². The Hall–Kier alpha value is -0.505. The molecule has 0 saturated heterocycles. The topological polar surface area (TPSA) is 46.5 Å². The van der Waals surface area contributed by atoms with Gasteiger partial charge < -0.3 is 9.76 Å². The molecule has 67 valence electrons. The Morgan fingerprint density at radius 3 is 2.42 bits per heavy atom. The van der Waals surface area contributed by atoms with Crippen LogP contribution < -0.4 is 0 Å². The molecular formula is C8H14BO3. The molecule has 0 heterocycles. The van der Waals surface area contributed by atoms with Crippen molar-refractivity contribution in [2.75, 3.05) is 7.11 Å². The molecule has 1 N–H and O–H groups in total. The summed E-state index contributed by atoms with van der Waals surface area (Å²) in [6.07, 6.45) is 3.48. The van der Waals surface area contributed by atoms with Crippen molar-refractivity contribution in [3.05, 3.63) is 0 Å². The molecule has 0 aromatic heterocycles. The van der Waals surface area contributed by atoms with Crippen LogP contribution in [-0.4, -0.2) is 25.6 Å². The summed E-state index contributed by atoms with van der Waals surface area (Å²) < 4.78 is 4.65. The standard InChI is InChI=1S/C8H14BO3/c1-12-8(10)6-2-4-7(9-11)5-3-6/h6-7,11H,2-5H2,1H3. The second-order valence-electron chi connectivity index (χ2n) is 3.28. The van der Waals surface area contributed by atoms with E-state index in [-0.39, 0.29) is 17.7 Å². The second-order valence-corrected chi connectivity index (χ2v) is 3.28. The zero-order valence-electron chi connectivity index (χ0n) is 7.32. The van der Waals surface area contributed by atoms with E-state index >= 15 is 0 Å². The first-order valence-corrected chi connectivity index (χ1v) is 4.33. The van der Waals surface area contributed by atoms with E-state index in [1.54, 1.807) is 0 Å². The quantitative estimate of drug-likeness (QED) is 0.490. The number of carbonyl (C=O) groups is 1. The van der Waals surface area contributed by atoms with Gasteiger partial charge in [0.2, 0.25) is 0 Å². The summed E-state index contributed by atoms with van der Waals surface area (Å²) in [4.78, 5) is 11.1. The van der Waals surface area contributed by atoms with Gasteiger partial charge in [-0.2, -0.15) is 0 Å². The lowest BCUT2D eigenvalue weighted by Crippen LogP contribution is -2.22. The Balaban J connectivity index is 2.30. The Kier molecular flexibility index (Phi) is 3.60. The highest BCUT2D eigenvalue weighted by Crippen LogP contribution is 2.32. The number of methoxy groups -OCH3 is 1. The Morgan fingerprint density at radius 1 is 1.42 bits per heavy atom. The van der Waals surface area contributed by atoms with Crippen molar-refractivity contribution < 1.29 is 14.6 Å². The van der Waals surface area contributed by atoms with Gasteiger partial charge in [-0.25, -0.2) is 0 Å². The van der Waals surface area contributed by atoms with Gasteiger partial charge in [0.1, 0.15) is 0 Å². The van der Waals surface area contributed by atoms with Gasteiger partial charge in [-0.1, -0.05) is 12.8 Å². The maximum atomic E-state index is 11.1. The molecule has 0 atom stereocenters.